The lowest BCUT2D eigenvalue weighted by Crippen LogP contribution is -2.54. The lowest BCUT2D eigenvalue weighted by atomic mass is 9.72. The Morgan fingerprint density at radius 1 is 0.500 bits per heavy atom. The van der Waals surface area contributed by atoms with Gasteiger partial charge in [-0.2, -0.15) is 39.5 Å². The van der Waals surface area contributed by atoms with Crippen LogP contribution in [0.15, 0.2) is 48.5 Å². The molecule has 0 amide bonds. The van der Waals surface area contributed by atoms with Gasteiger partial charge in [0.2, 0.25) is 5.41 Å². The minimum atomic E-state index is -5.91. The summed E-state index contributed by atoms with van der Waals surface area (Å²) in [4.78, 5) is 0. The number of hydrogen-bond donors (Lipinski definition) is 1. The third-order valence-electron chi connectivity index (χ3n) is 3.80. The second-order valence-corrected chi connectivity index (χ2v) is 5.37. The summed E-state index contributed by atoms with van der Waals surface area (Å²) in [6, 6.07) is 2.72. The Labute approximate surface area is 140 Å². The fraction of sp³-hybridized carbons (Fsp3) is 0.250. The molecule has 0 spiro atoms. The maximum absolute atomic E-state index is 13.7. The van der Waals surface area contributed by atoms with Gasteiger partial charge >= 0.3 is 18.5 Å². The molecule has 2 aromatic carbocycles. The van der Waals surface area contributed by atoms with Gasteiger partial charge in [0.15, 0.2) is 0 Å². The van der Waals surface area contributed by atoms with Gasteiger partial charge in [-0.15, -0.1) is 0 Å². The molecule has 0 aliphatic carbocycles. The summed E-state index contributed by atoms with van der Waals surface area (Å²) in [6.07, 6.45) is -16.7. The van der Waals surface area contributed by atoms with Crippen LogP contribution in [0.1, 0.15) is 16.7 Å². The Hall–Kier alpha value is -2.39. The van der Waals surface area contributed by atoms with Crippen molar-refractivity contribution in [1.82, 2.24) is 0 Å². The highest BCUT2D eigenvalue weighted by Gasteiger charge is 2.72. The van der Waals surface area contributed by atoms with E-state index in [0.717, 1.165) is 0 Å². The Balaban J connectivity index is 2.81. The maximum Gasteiger partial charge on any atom is 0.416 e. The highest BCUT2D eigenvalue weighted by atomic mass is 19.4. The summed E-state index contributed by atoms with van der Waals surface area (Å²) in [5, 5.41) is 9.14. The van der Waals surface area contributed by atoms with Crippen molar-refractivity contribution in [3.8, 4) is 5.75 Å². The van der Waals surface area contributed by atoms with Gasteiger partial charge in [-0.25, -0.2) is 0 Å². The van der Waals surface area contributed by atoms with Crippen molar-refractivity contribution in [3.05, 3.63) is 65.2 Å². The summed E-state index contributed by atoms with van der Waals surface area (Å²) in [5.41, 5.74) is -8.64. The zero-order valence-electron chi connectivity index (χ0n) is 12.5. The van der Waals surface area contributed by atoms with Gasteiger partial charge < -0.3 is 5.11 Å². The van der Waals surface area contributed by atoms with Crippen LogP contribution in [0.5, 0.6) is 5.75 Å². The zero-order chi connectivity index (χ0) is 20.0. The Kier molecular flexibility index (Phi) is 4.67. The fourth-order valence-electron chi connectivity index (χ4n) is 2.60. The first-order valence-electron chi connectivity index (χ1n) is 6.82. The van der Waals surface area contributed by atoms with Crippen molar-refractivity contribution < 1.29 is 44.6 Å². The van der Waals surface area contributed by atoms with E-state index in [-0.39, 0.29) is 24.3 Å². The van der Waals surface area contributed by atoms with E-state index in [0.29, 0.717) is 24.3 Å². The number of benzene rings is 2. The van der Waals surface area contributed by atoms with Crippen LogP contribution in [-0.2, 0) is 11.6 Å². The Morgan fingerprint density at radius 3 is 1.12 bits per heavy atom. The summed E-state index contributed by atoms with van der Waals surface area (Å²) < 4.78 is 120. The molecule has 0 aromatic heterocycles. The number of phenolic OH excluding ortho intramolecular Hbond substituents is 1. The van der Waals surface area contributed by atoms with E-state index in [1.54, 1.807) is 0 Å². The third-order valence-corrected chi connectivity index (χ3v) is 3.80. The smallest absolute Gasteiger partial charge is 0.416 e. The van der Waals surface area contributed by atoms with Gasteiger partial charge in [0.05, 0.1) is 5.56 Å². The van der Waals surface area contributed by atoms with Gasteiger partial charge in [0.1, 0.15) is 5.75 Å². The molecule has 0 saturated carbocycles. The maximum atomic E-state index is 13.7. The SMILES string of the molecule is Oc1ccc(C(c2ccc(C(F)(F)F)cc2)(C(F)(F)F)C(F)(F)F)cc1. The lowest BCUT2D eigenvalue weighted by molar-refractivity contribution is -0.288. The van der Waals surface area contributed by atoms with Crippen molar-refractivity contribution >= 4 is 0 Å². The van der Waals surface area contributed by atoms with Crippen LogP contribution in [-0.4, -0.2) is 17.5 Å². The molecule has 10 heteroatoms. The van der Waals surface area contributed by atoms with E-state index in [1.807, 2.05) is 0 Å². The Morgan fingerprint density at radius 2 is 0.808 bits per heavy atom. The van der Waals surface area contributed by atoms with Crippen LogP contribution in [0.3, 0.4) is 0 Å². The minimum Gasteiger partial charge on any atom is -0.508 e. The molecule has 2 aromatic rings. The molecule has 0 heterocycles. The van der Waals surface area contributed by atoms with Gasteiger partial charge in [-0.3, -0.25) is 0 Å². The molecule has 0 aliphatic heterocycles. The van der Waals surface area contributed by atoms with Crippen LogP contribution in [0.2, 0.25) is 0 Å². The summed E-state index contributed by atoms with van der Waals surface area (Å²) in [7, 11) is 0. The lowest BCUT2D eigenvalue weighted by Gasteiger charge is -2.38. The second kappa shape index (κ2) is 6.10. The molecule has 0 bridgehead atoms. The third kappa shape index (κ3) is 3.19. The molecule has 0 aliphatic rings. The average Bonchev–Trinajstić information content (AvgIpc) is 2.46. The molecule has 0 radical (unpaired) electrons. The first-order chi connectivity index (χ1) is 11.7. The van der Waals surface area contributed by atoms with E-state index in [4.69, 9.17) is 5.11 Å². The van der Waals surface area contributed by atoms with Crippen LogP contribution < -0.4 is 0 Å². The topological polar surface area (TPSA) is 20.2 Å². The van der Waals surface area contributed by atoms with E-state index in [2.05, 4.69) is 0 Å². The second-order valence-electron chi connectivity index (χ2n) is 5.37. The Bertz CT molecular complexity index is 739. The first-order valence-corrected chi connectivity index (χ1v) is 6.82. The monoisotopic (exact) mass is 388 g/mol. The molecular formula is C16H9F9O. The van der Waals surface area contributed by atoms with Crippen molar-refractivity contribution in [2.45, 2.75) is 23.9 Å². The van der Waals surface area contributed by atoms with Crippen molar-refractivity contribution in [1.29, 1.82) is 0 Å². The van der Waals surface area contributed by atoms with Crippen LogP contribution in [0, 0.1) is 0 Å². The van der Waals surface area contributed by atoms with E-state index in [9.17, 15) is 39.5 Å². The highest BCUT2D eigenvalue weighted by molar-refractivity contribution is 5.46. The normalized spacial score (nSPS) is 13.7. The number of hydrogen-bond acceptors (Lipinski definition) is 1. The van der Waals surface area contributed by atoms with E-state index in [1.165, 1.54) is 0 Å². The molecule has 0 unspecified atom stereocenters. The van der Waals surface area contributed by atoms with Crippen molar-refractivity contribution in [3.63, 3.8) is 0 Å². The first kappa shape index (κ1) is 19.9. The van der Waals surface area contributed by atoms with Gasteiger partial charge in [0, 0.05) is 0 Å². The number of alkyl halides is 9. The molecule has 142 valence electrons. The van der Waals surface area contributed by atoms with Crippen molar-refractivity contribution in [2.24, 2.45) is 0 Å². The quantitative estimate of drug-likeness (QED) is 0.643. The van der Waals surface area contributed by atoms with Crippen LogP contribution in [0.4, 0.5) is 39.5 Å². The fourth-order valence-corrected chi connectivity index (χ4v) is 2.60. The zero-order valence-corrected chi connectivity index (χ0v) is 12.5. The van der Waals surface area contributed by atoms with Gasteiger partial charge in [-0.1, -0.05) is 24.3 Å². The number of halogens is 9. The number of rotatable bonds is 2. The number of aromatic hydroxyl groups is 1. The molecule has 0 fully saturated rings. The van der Waals surface area contributed by atoms with E-state index >= 15 is 0 Å². The van der Waals surface area contributed by atoms with Gasteiger partial charge in [-0.05, 0) is 35.4 Å². The molecule has 1 N–H and O–H groups in total. The minimum absolute atomic E-state index is 0.149. The largest absolute Gasteiger partial charge is 0.508 e. The van der Waals surface area contributed by atoms with Crippen LogP contribution in [0.25, 0.3) is 0 Å². The van der Waals surface area contributed by atoms with Crippen molar-refractivity contribution in [2.75, 3.05) is 0 Å². The molecule has 0 atom stereocenters. The van der Waals surface area contributed by atoms with Gasteiger partial charge in [0.25, 0.3) is 0 Å². The summed E-state index contributed by atoms with van der Waals surface area (Å²) in [6.45, 7) is 0. The molecule has 0 saturated heterocycles. The van der Waals surface area contributed by atoms with E-state index < -0.39 is 46.4 Å². The average molecular weight is 388 g/mol. The predicted molar refractivity (Wildman–Crippen MR) is 72.4 cm³/mol. The predicted octanol–water partition coefficient (Wildman–Crippen LogP) is 5.82. The molecular weight excluding hydrogens is 379 g/mol. The highest BCUT2D eigenvalue weighted by Crippen LogP contribution is 2.56. The molecule has 26 heavy (non-hydrogen) atoms. The number of phenols is 1. The standard InChI is InChI=1S/C16H9F9O/c17-14(18,19)11-3-1-9(2-4-11)13(15(20,21)22,16(23,24)25)10-5-7-12(26)8-6-10/h1-8,26H. The summed E-state index contributed by atoms with van der Waals surface area (Å²) in [5.74, 6) is -0.570. The molecule has 2 rings (SSSR count). The van der Waals surface area contributed by atoms with Crippen LogP contribution >= 0.6 is 0 Å². The molecule has 1 nitrogen and oxygen atoms in total. The summed E-state index contributed by atoms with van der Waals surface area (Å²) >= 11 is 0.